The predicted molar refractivity (Wildman–Crippen MR) is 104 cm³/mol. The molecular formula is C21H23N5O2. The first-order chi connectivity index (χ1) is 13.5. The monoisotopic (exact) mass is 377 g/mol. The van der Waals surface area contributed by atoms with Crippen LogP contribution in [0.5, 0.6) is 0 Å². The lowest BCUT2D eigenvalue weighted by Gasteiger charge is -2.38. The number of hydrogen-bond donors (Lipinski definition) is 0. The molecule has 2 aliphatic rings. The van der Waals surface area contributed by atoms with Crippen molar-refractivity contribution in [2.45, 2.75) is 38.4 Å². The highest BCUT2D eigenvalue weighted by molar-refractivity contribution is 5.95. The smallest absolute Gasteiger partial charge is 0.274 e. The number of ether oxygens (including phenoxy) is 1. The normalized spacial score (nSPS) is 22.2. The van der Waals surface area contributed by atoms with Crippen LogP contribution >= 0.6 is 0 Å². The van der Waals surface area contributed by atoms with Crippen molar-refractivity contribution in [3.05, 3.63) is 53.1 Å². The van der Waals surface area contributed by atoms with E-state index in [9.17, 15) is 4.79 Å². The van der Waals surface area contributed by atoms with E-state index in [0.29, 0.717) is 18.8 Å². The van der Waals surface area contributed by atoms with Crippen LogP contribution in [0.1, 0.15) is 53.3 Å². The van der Waals surface area contributed by atoms with Crippen LogP contribution in [-0.2, 0) is 18.2 Å². The molecular weight excluding hydrogens is 354 g/mol. The average Bonchev–Trinajstić information content (AvgIpc) is 2.97. The van der Waals surface area contributed by atoms with Crippen molar-refractivity contribution in [2.75, 3.05) is 13.1 Å². The number of likely N-dealkylation sites (tertiary alicyclic amines) is 1. The van der Waals surface area contributed by atoms with E-state index in [1.807, 2.05) is 56.3 Å². The summed E-state index contributed by atoms with van der Waals surface area (Å²) in [6.07, 6.45) is 2.60. The fraction of sp³-hybridized carbons (Fsp3) is 0.429. The van der Waals surface area contributed by atoms with Gasteiger partial charge in [-0.05, 0) is 26.0 Å². The van der Waals surface area contributed by atoms with Gasteiger partial charge >= 0.3 is 0 Å². The van der Waals surface area contributed by atoms with Gasteiger partial charge in [-0.15, -0.1) is 0 Å². The van der Waals surface area contributed by atoms with E-state index in [1.165, 1.54) is 0 Å². The number of hydrogen-bond acceptors (Lipinski definition) is 5. The van der Waals surface area contributed by atoms with Gasteiger partial charge in [-0.25, -0.2) is 4.98 Å². The number of rotatable bonds is 2. The molecule has 0 bridgehead atoms. The summed E-state index contributed by atoms with van der Waals surface area (Å²) in [7, 11) is 1.88. The van der Waals surface area contributed by atoms with Gasteiger partial charge in [0.2, 0.25) is 0 Å². The largest absolute Gasteiger partial charge is 0.369 e. The van der Waals surface area contributed by atoms with Gasteiger partial charge in [-0.1, -0.05) is 12.1 Å². The number of carbonyl (C=O) groups is 1. The van der Waals surface area contributed by atoms with Crippen LogP contribution in [0.4, 0.5) is 0 Å². The fourth-order valence-corrected chi connectivity index (χ4v) is 4.36. The van der Waals surface area contributed by atoms with Crippen molar-refractivity contribution >= 4 is 16.9 Å². The molecule has 0 saturated carbocycles. The van der Waals surface area contributed by atoms with Gasteiger partial charge in [-0.3, -0.25) is 14.5 Å². The summed E-state index contributed by atoms with van der Waals surface area (Å²) in [4.78, 5) is 24.2. The summed E-state index contributed by atoms with van der Waals surface area (Å²) < 4.78 is 7.69. The van der Waals surface area contributed by atoms with Gasteiger partial charge in [0.1, 0.15) is 0 Å². The Morgan fingerprint density at radius 2 is 1.93 bits per heavy atom. The maximum atomic E-state index is 13.1. The summed E-state index contributed by atoms with van der Waals surface area (Å²) in [6, 6.07) is 7.85. The lowest BCUT2D eigenvalue weighted by molar-refractivity contribution is -0.00909. The Balaban J connectivity index is 1.35. The molecule has 2 atom stereocenters. The number of nitrogens with zero attached hydrogens (tertiary/aromatic N) is 5. The molecule has 1 fully saturated rings. The molecule has 0 spiro atoms. The molecule has 3 aromatic rings. The number of benzene rings is 1. The summed E-state index contributed by atoms with van der Waals surface area (Å²) in [5.74, 6) is 0.227. The molecule has 5 rings (SSSR count). The Bertz CT molecular complexity index is 1070. The lowest BCUT2D eigenvalue weighted by Crippen LogP contribution is -2.49. The maximum Gasteiger partial charge on any atom is 0.274 e. The Kier molecular flexibility index (Phi) is 3.94. The van der Waals surface area contributed by atoms with Crippen LogP contribution in [0.25, 0.3) is 11.0 Å². The van der Waals surface area contributed by atoms with E-state index in [4.69, 9.17) is 9.72 Å². The molecule has 7 heteroatoms. The number of amides is 1. The van der Waals surface area contributed by atoms with Crippen molar-refractivity contribution in [2.24, 2.45) is 7.05 Å². The number of aryl methyl sites for hydroxylation is 1. The van der Waals surface area contributed by atoms with Crippen molar-refractivity contribution in [1.29, 1.82) is 0 Å². The third-order valence-corrected chi connectivity index (χ3v) is 5.76. The number of fused-ring (bicyclic) bond motifs is 2. The van der Waals surface area contributed by atoms with Gasteiger partial charge in [0.05, 0.1) is 34.6 Å². The van der Waals surface area contributed by atoms with Gasteiger partial charge in [0, 0.05) is 44.2 Å². The molecule has 4 heterocycles. The van der Waals surface area contributed by atoms with E-state index in [0.717, 1.165) is 34.4 Å². The molecule has 7 nitrogen and oxygen atoms in total. The van der Waals surface area contributed by atoms with Gasteiger partial charge in [-0.2, -0.15) is 5.10 Å². The Morgan fingerprint density at radius 1 is 1.18 bits per heavy atom. The van der Waals surface area contributed by atoms with Crippen molar-refractivity contribution < 1.29 is 9.53 Å². The molecule has 2 aromatic heterocycles. The number of para-hydroxylation sites is 2. The molecule has 0 unspecified atom stereocenters. The topological polar surface area (TPSA) is 73.1 Å². The van der Waals surface area contributed by atoms with E-state index >= 15 is 0 Å². The first-order valence-electron chi connectivity index (χ1n) is 9.73. The molecule has 28 heavy (non-hydrogen) atoms. The minimum Gasteiger partial charge on any atom is -0.369 e. The molecule has 1 saturated heterocycles. The summed E-state index contributed by atoms with van der Waals surface area (Å²) in [5, 5.41) is 4.54. The quantitative estimate of drug-likeness (QED) is 0.686. The first-order valence-corrected chi connectivity index (χ1v) is 9.73. The zero-order chi connectivity index (χ0) is 19.4. The number of aromatic nitrogens is 4. The minimum atomic E-state index is -0.0465. The SMILES string of the molecule is C[C@@H]1Cc2c(C(=O)N3CC(c4cnc5ccccc5n4)C3)nn(C)c2[C@H](C)O1. The van der Waals surface area contributed by atoms with Crippen molar-refractivity contribution in [3.63, 3.8) is 0 Å². The minimum absolute atomic E-state index is 0.00292. The Hall–Kier alpha value is -2.80. The van der Waals surface area contributed by atoms with Crippen LogP contribution in [0.15, 0.2) is 30.5 Å². The zero-order valence-corrected chi connectivity index (χ0v) is 16.3. The van der Waals surface area contributed by atoms with Gasteiger partial charge in [0.15, 0.2) is 5.69 Å². The van der Waals surface area contributed by atoms with Crippen LogP contribution in [0.3, 0.4) is 0 Å². The Labute approximate surface area is 163 Å². The van der Waals surface area contributed by atoms with E-state index in [-0.39, 0.29) is 24.0 Å². The third kappa shape index (κ3) is 2.69. The van der Waals surface area contributed by atoms with Crippen LogP contribution in [0, 0.1) is 0 Å². The lowest BCUT2D eigenvalue weighted by atomic mass is 9.94. The molecule has 1 amide bonds. The second-order valence-electron chi connectivity index (χ2n) is 7.82. The van der Waals surface area contributed by atoms with Crippen molar-refractivity contribution in [3.8, 4) is 0 Å². The van der Waals surface area contributed by atoms with Crippen LogP contribution in [0.2, 0.25) is 0 Å². The molecule has 0 N–H and O–H groups in total. The highest BCUT2D eigenvalue weighted by Crippen LogP contribution is 2.34. The third-order valence-electron chi connectivity index (χ3n) is 5.76. The molecule has 0 aliphatic carbocycles. The van der Waals surface area contributed by atoms with E-state index in [1.54, 1.807) is 4.68 Å². The highest BCUT2D eigenvalue weighted by Gasteiger charge is 2.38. The molecule has 2 aliphatic heterocycles. The maximum absolute atomic E-state index is 13.1. The van der Waals surface area contributed by atoms with E-state index in [2.05, 4.69) is 10.1 Å². The van der Waals surface area contributed by atoms with E-state index < -0.39 is 0 Å². The van der Waals surface area contributed by atoms with Gasteiger partial charge in [0.25, 0.3) is 5.91 Å². The summed E-state index contributed by atoms with van der Waals surface area (Å²) in [6.45, 7) is 5.36. The molecule has 0 radical (unpaired) electrons. The summed E-state index contributed by atoms with van der Waals surface area (Å²) in [5.41, 5.74) is 5.35. The second-order valence-corrected chi connectivity index (χ2v) is 7.82. The van der Waals surface area contributed by atoms with Crippen LogP contribution < -0.4 is 0 Å². The molecule has 144 valence electrons. The average molecular weight is 377 g/mol. The predicted octanol–water partition coefficient (Wildman–Crippen LogP) is 2.63. The second kappa shape index (κ2) is 6.38. The van der Waals surface area contributed by atoms with Crippen LogP contribution in [-0.4, -0.2) is 49.7 Å². The fourth-order valence-electron chi connectivity index (χ4n) is 4.36. The van der Waals surface area contributed by atoms with Gasteiger partial charge < -0.3 is 9.64 Å². The molecule has 1 aromatic carbocycles. The Morgan fingerprint density at radius 3 is 2.71 bits per heavy atom. The zero-order valence-electron chi connectivity index (χ0n) is 16.3. The number of carbonyl (C=O) groups excluding carboxylic acids is 1. The van der Waals surface area contributed by atoms with Crippen molar-refractivity contribution in [1.82, 2.24) is 24.6 Å². The summed E-state index contributed by atoms with van der Waals surface area (Å²) >= 11 is 0. The first kappa shape index (κ1) is 17.3. The standard InChI is InChI=1S/C21H23N5O2/c1-12-8-15-19(24-25(3)20(15)13(2)28-12)21(27)26-10-14(11-26)18-9-22-16-6-4-5-7-17(16)23-18/h4-7,9,12-14H,8,10-11H2,1-3H3/t12-,13+/m1/s1. The highest BCUT2D eigenvalue weighted by atomic mass is 16.5.